The minimum atomic E-state index is -4.47. The average molecular weight is 607 g/mol. The van der Waals surface area contributed by atoms with Crippen molar-refractivity contribution in [1.29, 1.82) is 5.26 Å². The van der Waals surface area contributed by atoms with Crippen molar-refractivity contribution in [2.45, 2.75) is 72.4 Å². The highest BCUT2D eigenvalue weighted by atomic mass is 32.2. The molecule has 1 N–H and O–H groups in total. The van der Waals surface area contributed by atoms with E-state index in [2.05, 4.69) is 9.62 Å². The monoisotopic (exact) mass is 606 g/mol. The van der Waals surface area contributed by atoms with Crippen LogP contribution in [0.4, 0.5) is 14.5 Å². The number of ether oxygens (including phenoxy) is 1. The van der Waals surface area contributed by atoms with E-state index < -0.39 is 32.2 Å². The number of sulfonamides is 1. The summed E-state index contributed by atoms with van der Waals surface area (Å²) in [6.07, 6.45) is 4.59. The molecule has 2 atom stereocenters. The van der Waals surface area contributed by atoms with Crippen molar-refractivity contribution >= 4 is 33.4 Å². The molecule has 1 saturated heterocycles. The number of thioether (sulfide) groups is 1. The first-order chi connectivity index (χ1) is 19.5. The molecule has 222 valence electrons. The van der Waals surface area contributed by atoms with Crippen molar-refractivity contribution < 1.29 is 26.7 Å². The van der Waals surface area contributed by atoms with Crippen LogP contribution in [0.5, 0.6) is 0 Å². The Bertz CT molecular complexity index is 1390. The first kappa shape index (κ1) is 31.2. The predicted octanol–water partition coefficient (Wildman–Crippen LogP) is 4.68. The molecule has 12 heteroatoms. The lowest BCUT2D eigenvalue weighted by atomic mass is 9.84. The van der Waals surface area contributed by atoms with Crippen molar-refractivity contribution in [3.05, 3.63) is 53.6 Å². The van der Waals surface area contributed by atoms with Gasteiger partial charge in [0.1, 0.15) is 23.3 Å². The summed E-state index contributed by atoms with van der Waals surface area (Å²) in [5, 5.41) is 9.99. The van der Waals surface area contributed by atoms with Crippen LogP contribution in [0.1, 0.15) is 50.5 Å². The number of carbonyl (C=O) groups is 1. The summed E-state index contributed by atoms with van der Waals surface area (Å²) in [5.41, 5.74) is -1.34. The SMILES string of the molecule is COC1(C(=O)NS(=O)(=O)c2cc(F)c(N3CC[C@H](N(C)C)C[C@@H]3CSc3ccc(F)cc3)c(C#N)c2)CCCCC1. The van der Waals surface area contributed by atoms with Crippen LogP contribution in [0.2, 0.25) is 0 Å². The maximum atomic E-state index is 15.8. The summed E-state index contributed by atoms with van der Waals surface area (Å²) >= 11 is 1.51. The van der Waals surface area contributed by atoms with Gasteiger partial charge in [0.15, 0.2) is 0 Å². The molecule has 1 aliphatic carbocycles. The molecular formula is C29H36F2N4O4S2. The van der Waals surface area contributed by atoms with Crippen LogP contribution in [0.3, 0.4) is 0 Å². The van der Waals surface area contributed by atoms with Crippen LogP contribution in [-0.4, -0.2) is 70.4 Å². The molecule has 41 heavy (non-hydrogen) atoms. The van der Waals surface area contributed by atoms with Crippen molar-refractivity contribution in [1.82, 2.24) is 9.62 Å². The number of carbonyl (C=O) groups excluding carboxylic acids is 1. The van der Waals surface area contributed by atoms with E-state index in [1.54, 1.807) is 12.1 Å². The molecule has 0 unspecified atom stereocenters. The highest BCUT2D eigenvalue weighted by Crippen LogP contribution is 2.36. The zero-order chi connectivity index (χ0) is 29.8. The average Bonchev–Trinajstić information content (AvgIpc) is 2.96. The Morgan fingerprint density at radius 1 is 1.20 bits per heavy atom. The topological polar surface area (TPSA) is 103 Å². The molecule has 8 nitrogen and oxygen atoms in total. The van der Waals surface area contributed by atoms with Gasteiger partial charge in [0.2, 0.25) is 0 Å². The number of methoxy groups -OCH3 is 1. The molecule has 0 radical (unpaired) electrons. The number of halogens is 2. The van der Waals surface area contributed by atoms with E-state index in [9.17, 15) is 22.9 Å². The molecule has 1 aliphatic heterocycles. The van der Waals surface area contributed by atoms with Crippen LogP contribution in [-0.2, 0) is 19.6 Å². The molecule has 2 fully saturated rings. The number of nitriles is 1. The third kappa shape index (κ3) is 7.02. The number of benzene rings is 2. The number of hydrogen-bond donors (Lipinski definition) is 1. The van der Waals surface area contributed by atoms with Crippen molar-refractivity contribution in [3.63, 3.8) is 0 Å². The van der Waals surface area contributed by atoms with E-state index >= 15 is 4.39 Å². The van der Waals surface area contributed by atoms with E-state index in [0.717, 1.165) is 42.7 Å². The Kier molecular flexibility index (Phi) is 9.95. The van der Waals surface area contributed by atoms with Gasteiger partial charge in [-0.1, -0.05) is 19.3 Å². The Hall–Kier alpha value is -2.72. The lowest BCUT2D eigenvalue weighted by Gasteiger charge is -2.43. The zero-order valence-electron chi connectivity index (χ0n) is 23.5. The second-order valence-corrected chi connectivity index (χ2v) is 13.6. The van der Waals surface area contributed by atoms with Gasteiger partial charge >= 0.3 is 0 Å². The molecular weight excluding hydrogens is 570 g/mol. The van der Waals surface area contributed by atoms with Crippen molar-refractivity contribution in [2.75, 3.05) is 38.4 Å². The Morgan fingerprint density at radius 3 is 2.49 bits per heavy atom. The largest absolute Gasteiger partial charge is 0.368 e. The molecule has 2 aromatic carbocycles. The quantitative estimate of drug-likeness (QED) is 0.411. The fraction of sp³-hybridized carbons (Fsp3) is 0.517. The number of nitrogens with zero attached hydrogens (tertiary/aromatic N) is 3. The Labute approximate surface area is 245 Å². The third-order valence-corrected chi connectivity index (χ3v) is 10.6. The maximum absolute atomic E-state index is 15.8. The van der Waals surface area contributed by atoms with E-state index in [-0.39, 0.29) is 29.2 Å². The molecule has 1 heterocycles. The molecule has 4 rings (SSSR count). The summed E-state index contributed by atoms with van der Waals surface area (Å²) in [4.78, 5) is 17.3. The van der Waals surface area contributed by atoms with Crippen LogP contribution < -0.4 is 9.62 Å². The summed E-state index contributed by atoms with van der Waals surface area (Å²) in [6.45, 7) is 0.461. The second kappa shape index (κ2) is 13.1. The highest BCUT2D eigenvalue weighted by Gasteiger charge is 2.42. The summed E-state index contributed by atoms with van der Waals surface area (Å²) in [6, 6.07) is 10.2. The smallest absolute Gasteiger partial charge is 0.265 e. The molecule has 2 aliphatic rings. The minimum Gasteiger partial charge on any atom is -0.368 e. The zero-order valence-corrected chi connectivity index (χ0v) is 25.2. The number of amides is 1. The molecule has 0 aromatic heterocycles. The summed E-state index contributed by atoms with van der Waals surface area (Å²) in [7, 11) is 0.879. The standard InChI is InChI=1S/C29H36F2N4O4S2/c1-34(2)22-11-14-35(23(16-22)19-40-24-9-7-21(30)8-10-24)27-20(18-32)15-25(17-26(27)31)41(37,38)33-28(36)29(39-3)12-5-4-6-13-29/h7-10,15,17,22-23H,4-6,11-14,16,19H2,1-3H3,(H,33,36)/t22-,23+/m0/s1. The molecule has 0 bridgehead atoms. The number of anilines is 1. The maximum Gasteiger partial charge on any atom is 0.265 e. The minimum absolute atomic E-state index is 0.0420. The van der Waals surface area contributed by atoms with Gasteiger partial charge in [-0.3, -0.25) is 4.79 Å². The van der Waals surface area contributed by atoms with Crippen molar-refractivity contribution in [2.24, 2.45) is 0 Å². The molecule has 2 aromatic rings. The van der Waals surface area contributed by atoms with Gasteiger partial charge in [-0.05, 0) is 76.2 Å². The normalized spacial score (nSPS) is 21.0. The first-order valence-electron chi connectivity index (χ1n) is 13.7. The van der Waals surface area contributed by atoms with Gasteiger partial charge in [-0.15, -0.1) is 11.8 Å². The predicted molar refractivity (Wildman–Crippen MR) is 154 cm³/mol. The molecule has 1 amide bonds. The lowest BCUT2D eigenvalue weighted by molar-refractivity contribution is -0.145. The fourth-order valence-corrected chi connectivity index (χ4v) is 7.81. The van der Waals surface area contributed by atoms with Crippen LogP contribution in [0.25, 0.3) is 0 Å². The van der Waals surface area contributed by atoms with Gasteiger partial charge in [-0.25, -0.2) is 21.9 Å². The lowest BCUT2D eigenvalue weighted by Crippen LogP contribution is -2.51. The van der Waals surface area contributed by atoms with Crippen LogP contribution in [0.15, 0.2) is 46.2 Å². The van der Waals surface area contributed by atoms with Crippen LogP contribution in [0, 0.1) is 23.0 Å². The number of nitrogens with one attached hydrogen (secondary N) is 1. The van der Waals surface area contributed by atoms with Crippen molar-refractivity contribution in [3.8, 4) is 6.07 Å². The van der Waals surface area contributed by atoms with E-state index in [1.807, 2.05) is 25.1 Å². The first-order valence-corrected chi connectivity index (χ1v) is 16.1. The molecule has 0 spiro atoms. The summed E-state index contributed by atoms with van der Waals surface area (Å²) < 4.78 is 63.1. The number of hydrogen-bond acceptors (Lipinski definition) is 8. The number of piperidine rings is 1. The van der Waals surface area contributed by atoms with Crippen LogP contribution >= 0.6 is 11.8 Å². The fourth-order valence-electron chi connectivity index (χ4n) is 5.70. The highest BCUT2D eigenvalue weighted by molar-refractivity contribution is 7.99. The van der Waals surface area contributed by atoms with Gasteiger partial charge in [0.05, 0.1) is 16.1 Å². The van der Waals surface area contributed by atoms with E-state index in [4.69, 9.17) is 4.74 Å². The number of rotatable bonds is 9. The Balaban J connectivity index is 1.62. The van der Waals surface area contributed by atoms with E-state index in [1.165, 1.54) is 31.0 Å². The Morgan fingerprint density at radius 2 is 1.88 bits per heavy atom. The van der Waals surface area contributed by atoms with Gasteiger partial charge < -0.3 is 14.5 Å². The summed E-state index contributed by atoms with van der Waals surface area (Å²) in [5.74, 6) is -1.41. The van der Waals surface area contributed by atoms with Gasteiger partial charge in [-0.2, -0.15) is 5.26 Å². The van der Waals surface area contributed by atoms with E-state index in [0.29, 0.717) is 31.6 Å². The second-order valence-electron chi connectivity index (χ2n) is 10.9. The van der Waals surface area contributed by atoms with Gasteiger partial charge in [0, 0.05) is 36.4 Å². The molecule has 1 saturated carbocycles. The van der Waals surface area contributed by atoms with Gasteiger partial charge in [0.25, 0.3) is 15.9 Å². The third-order valence-electron chi connectivity index (χ3n) is 8.12.